The second kappa shape index (κ2) is 13.4. The predicted molar refractivity (Wildman–Crippen MR) is 148 cm³/mol. The second-order valence-corrected chi connectivity index (χ2v) is 8.56. The van der Waals surface area contributed by atoms with E-state index in [-0.39, 0.29) is 46.9 Å². The normalized spacial score (nSPS) is 10.8. The van der Waals surface area contributed by atoms with Crippen molar-refractivity contribution >= 4 is 29.5 Å². The van der Waals surface area contributed by atoms with Gasteiger partial charge in [0, 0.05) is 11.1 Å². The maximum absolute atomic E-state index is 12.8. The van der Waals surface area contributed by atoms with Crippen LogP contribution in [0.4, 0.5) is 0 Å². The van der Waals surface area contributed by atoms with Gasteiger partial charge in [-0.15, -0.1) is 0 Å². The van der Waals surface area contributed by atoms with Crippen LogP contribution in [0, 0.1) is 11.3 Å². The summed E-state index contributed by atoms with van der Waals surface area (Å²) in [6.45, 7) is 2.14. The van der Waals surface area contributed by atoms with Gasteiger partial charge < -0.3 is 19.2 Å². The first-order chi connectivity index (χ1) is 19.9. The molecule has 41 heavy (non-hydrogen) atoms. The van der Waals surface area contributed by atoms with Crippen molar-refractivity contribution in [2.75, 3.05) is 6.61 Å². The van der Waals surface area contributed by atoms with Crippen molar-refractivity contribution in [1.82, 2.24) is 5.32 Å². The third-order valence-electron chi connectivity index (χ3n) is 5.77. The number of nitrogens with zero attached hydrogens (tertiary/aromatic N) is 1. The highest BCUT2D eigenvalue weighted by Crippen LogP contribution is 2.30. The van der Waals surface area contributed by atoms with Gasteiger partial charge >= 0.3 is 5.97 Å². The standard InChI is InChI=1S/C32H24N2O7/c1-2-39-28-18-21(17-25(19-33)31(37)34-20-26-9-6-16-40-26)10-15-27(28)41-32(38)24-13-11-23(12-14-24)30(36)29(35)22-7-4-3-5-8-22/h3-18H,2,20H2,1H3,(H,34,37)/b25-17+. The van der Waals surface area contributed by atoms with Crippen LogP contribution < -0.4 is 14.8 Å². The minimum absolute atomic E-state index is 0.120. The van der Waals surface area contributed by atoms with Gasteiger partial charge in [0.2, 0.25) is 11.6 Å². The second-order valence-electron chi connectivity index (χ2n) is 8.56. The van der Waals surface area contributed by atoms with Gasteiger partial charge in [0.05, 0.1) is 25.0 Å². The lowest BCUT2D eigenvalue weighted by molar-refractivity contribution is -0.117. The summed E-state index contributed by atoms with van der Waals surface area (Å²) >= 11 is 0. The van der Waals surface area contributed by atoms with E-state index < -0.39 is 23.4 Å². The summed E-state index contributed by atoms with van der Waals surface area (Å²) in [7, 11) is 0. The molecule has 0 aliphatic rings. The molecule has 0 saturated carbocycles. The molecule has 4 aromatic rings. The number of benzene rings is 3. The van der Waals surface area contributed by atoms with Crippen LogP contribution in [0.15, 0.2) is 101 Å². The van der Waals surface area contributed by atoms with Crippen LogP contribution in [-0.4, -0.2) is 30.0 Å². The molecular formula is C32H24N2O7. The van der Waals surface area contributed by atoms with Crippen molar-refractivity contribution in [3.05, 3.63) is 125 Å². The maximum Gasteiger partial charge on any atom is 0.343 e. The van der Waals surface area contributed by atoms with E-state index in [0.29, 0.717) is 11.3 Å². The number of carbonyl (C=O) groups is 4. The zero-order valence-corrected chi connectivity index (χ0v) is 22.0. The third kappa shape index (κ3) is 7.22. The minimum Gasteiger partial charge on any atom is -0.490 e. The summed E-state index contributed by atoms with van der Waals surface area (Å²) in [6.07, 6.45) is 2.87. The summed E-state index contributed by atoms with van der Waals surface area (Å²) in [6, 6.07) is 23.6. The molecule has 1 heterocycles. The van der Waals surface area contributed by atoms with E-state index in [1.807, 2.05) is 6.07 Å². The SMILES string of the molecule is CCOc1cc(/C=C(\C#N)C(=O)NCc2ccco2)ccc1OC(=O)c1ccc(C(=O)C(=O)c2ccccc2)cc1. The molecular weight excluding hydrogens is 524 g/mol. The first kappa shape index (κ1) is 28.3. The Morgan fingerprint density at radius 2 is 1.54 bits per heavy atom. The quantitative estimate of drug-likeness (QED) is 0.0676. The fourth-order valence-electron chi connectivity index (χ4n) is 3.73. The molecule has 0 bridgehead atoms. The third-order valence-corrected chi connectivity index (χ3v) is 5.77. The van der Waals surface area contributed by atoms with Gasteiger partial charge in [-0.05, 0) is 55.0 Å². The number of rotatable bonds is 11. The molecule has 0 fully saturated rings. The number of ether oxygens (including phenoxy) is 2. The fourth-order valence-corrected chi connectivity index (χ4v) is 3.73. The Kier molecular flexibility index (Phi) is 9.21. The van der Waals surface area contributed by atoms with Crippen molar-refractivity contribution < 1.29 is 33.1 Å². The zero-order chi connectivity index (χ0) is 29.2. The van der Waals surface area contributed by atoms with Crippen LogP contribution >= 0.6 is 0 Å². The lowest BCUT2D eigenvalue weighted by Gasteiger charge is -2.12. The Balaban J connectivity index is 1.46. The summed E-state index contributed by atoms with van der Waals surface area (Å²) in [5.41, 5.74) is 0.912. The van der Waals surface area contributed by atoms with Crippen LogP contribution in [0.1, 0.15) is 49.3 Å². The van der Waals surface area contributed by atoms with Crippen LogP contribution in [0.5, 0.6) is 11.5 Å². The van der Waals surface area contributed by atoms with E-state index >= 15 is 0 Å². The van der Waals surface area contributed by atoms with Gasteiger partial charge in [-0.2, -0.15) is 5.26 Å². The van der Waals surface area contributed by atoms with Gasteiger partial charge in [0.15, 0.2) is 11.5 Å². The molecule has 0 aliphatic heterocycles. The topological polar surface area (TPSA) is 136 Å². The van der Waals surface area contributed by atoms with Crippen LogP contribution in [0.3, 0.4) is 0 Å². The highest BCUT2D eigenvalue weighted by molar-refractivity contribution is 6.49. The molecule has 4 rings (SSSR count). The number of hydrogen-bond acceptors (Lipinski definition) is 8. The van der Waals surface area contributed by atoms with E-state index in [4.69, 9.17) is 13.9 Å². The van der Waals surface area contributed by atoms with Gasteiger partial charge in [0.1, 0.15) is 17.4 Å². The molecule has 0 unspecified atom stereocenters. The van der Waals surface area contributed by atoms with Crippen molar-refractivity contribution in [2.45, 2.75) is 13.5 Å². The predicted octanol–water partition coefficient (Wildman–Crippen LogP) is 5.19. The first-order valence-corrected chi connectivity index (χ1v) is 12.5. The van der Waals surface area contributed by atoms with E-state index in [1.165, 1.54) is 42.7 Å². The molecule has 9 heteroatoms. The molecule has 0 atom stereocenters. The highest BCUT2D eigenvalue weighted by Gasteiger charge is 2.19. The summed E-state index contributed by atoms with van der Waals surface area (Å²) in [5.74, 6) is -1.74. The smallest absolute Gasteiger partial charge is 0.343 e. The number of Topliss-reactive ketones (excluding diaryl/α,β-unsaturated/α-hetero) is 2. The monoisotopic (exact) mass is 548 g/mol. The van der Waals surface area contributed by atoms with Crippen LogP contribution in [0.2, 0.25) is 0 Å². The minimum atomic E-state index is -0.711. The number of esters is 1. The Labute approximate surface area is 235 Å². The number of amides is 1. The van der Waals surface area contributed by atoms with E-state index in [2.05, 4.69) is 5.32 Å². The summed E-state index contributed by atoms with van der Waals surface area (Å²) < 4.78 is 16.3. The lowest BCUT2D eigenvalue weighted by Crippen LogP contribution is -2.23. The van der Waals surface area contributed by atoms with Gasteiger partial charge in [-0.3, -0.25) is 14.4 Å². The molecule has 1 aromatic heterocycles. The molecule has 0 aliphatic carbocycles. The molecule has 0 spiro atoms. The molecule has 1 N–H and O–H groups in total. The van der Waals surface area contributed by atoms with Crippen molar-refractivity contribution in [3.8, 4) is 17.6 Å². The van der Waals surface area contributed by atoms with Crippen LogP contribution in [-0.2, 0) is 11.3 Å². The van der Waals surface area contributed by atoms with E-state index in [1.54, 1.807) is 61.5 Å². The molecule has 0 radical (unpaired) electrons. The number of nitrogens with one attached hydrogen (secondary N) is 1. The number of nitriles is 1. The highest BCUT2D eigenvalue weighted by atomic mass is 16.6. The van der Waals surface area contributed by atoms with Crippen molar-refractivity contribution in [2.24, 2.45) is 0 Å². The lowest BCUT2D eigenvalue weighted by atomic mass is 10.0. The van der Waals surface area contributed by atoms with E-state index in [9.17, 15) is 24.4 Å². The summed E-state index contributed by atoms with van der Waals surface area (Å²) in [5, 5.41) is 12.1. The van der Waals surface area contributed by atoms with Gasteiger partial charge in [-0.1, -0.05) is 48.5 Å². The number of carbonyl (C=O) groups excluding carboxylic acids is 4. The molecule has 1 amide bonds. The number of hydrogen-bond donors (Lipinski definition) is 1. The zero-order valence-electron chi connectivity index (χ0n) is 22.0. The maximum atomic E-state index is 12.8. The van der Waals surface area contributed by atoms with Gasteiger partial charge in [0.25, 0.3) is 5.91 Å². The van der Waals surface area contributed by atoms with Crippen molar-refractivity contribution in [3.63, 3.8) is 0 Å². The average molecular weight is 549 g/mol. The fraction of sp³-hybridized carbons (Fsp3) is 0.0938. The number of ketones is 2. The van der Waals surface area contributed by atoms with Gasteiger partial charge in [-0.25, -0.2) is 4.79 Å². The molecule has 0 saturated heterocycles. The Bertz CT molecular complexity index is 1630. The molecule has 3 aromatic carbocycles. The Hall–Kier alpha value is -5.75. The Morgan fingerprint density at radius 1 is 0.854 bits per heavy atom. The van der Waals surface area contributed by atoms with Crippen molar-refractivity contribution in [1.29, 1.82) is 5.26 Å². The van der Waals surface area contributed by atoms with E-state index in [0.717, 1.165) is 0 Å². The largest absolute Gasteiger partial charge is 0.490 e. The average Bonchev–Trinajstić information content (AvgIpc) is 3.53. The molecule has 9 nitrogen and oxygen atoms in total. The number of furan rings is 1. The molecule has 204 valence electrons. The van der Waals surface area contributed by atoms with Crippen LogP contribution in [0.25, 0.3) is 6.08 Å². The summed E-state index contributed by atoms with van der Waals surface area (Å²) in [4.78, 5) is 50.3. The first-order valence-electron chi connectivity index (χ1n) is 12.5. The Morgan fingerprint density at radius 3 is 2.17 bits per heavy atom.